The van der Waals surface area contributed by atoms with Gasteiger partial charge in [0.05, 0.1) is 11.1 Å². The van der Waals surface area contributed by atoms with Gasteiger partial charge in [-0.3, -0.25) is 4.79 Å². The summed E-state index contributed by atoms with van der Waals surface area (Å²) >= 11 is 0. The van der Waals surface area contributed by atoms with Crippen LogP contribution in [0.15, 0.2) is 78.9 Å². The highest BCUT2D eigenvalue weighted by Crippen LogP contribution is 2.28. The van der Waals surface area contributed by atoms with Gasteiger partial charge in [-0.2, -0.15) is 0 Å². The Morgan fingerprint density at radius 2 is 1.45 bits per heavy atom. The van der Waals surface area contributed by atoms with Crippen molar-refractivity contribution in [2.24, 2.45) is 0 Å². The van der Waals surface area contributed by atoms with Crippen LogP contribution in [0.1, 0.15) is 10.4 Å². The van der Waals surface area contributed by atoms with Crippen molar-refractivity contribution in [1.29, 1.82) is 0 Å². The van der Waals surface area contributed by atoms with Crippen molar-refractivity contribution in [3.05, 3.63) is 84.4 Å². The van der Waals surface area contributed by atoms with Gasteiger partial charge in [-0.25, -0.2) is 9.97 Å². The fourth-order valence-corrected chi connectivity index (χ4v) is 3.96. The molecule has 0 radical (unpaired) electrons. The summed E-state index contributed by atoms with van der Waals surface area (Å²) in [6.45, 7) is 2.45. The molecule has 3 aromatic carbocycles. The van der Waals surface area contributed by atoms with Crippen LogP contribution in [-0.4, -0.2) is 52.1 Å². The van der Waals surface area contributed by atoms with Crippen LogP contribution in [0.2, 0.25) is 0 Å². The van der Waals surface area contributed by atoms with Crippen LogP contribution in [-0.2, 0) is 0 Å². The number of piperazine rings is 1. The molecule has 1 amide bonds. The van der Waals surface area contributed by atoms with Crippen molar-refractivity contribution >= 4 is 22.6 Å². The van der Waals surface area contributed by atoms with Crippen LogP contribution in [0.5, 0.6) is 5.75 Å². The minimum Gasteiger partial charge on any atom is -0.507 e. The fourth-order valence-electron chi connectivity index (χ4n) is 3.96. The molecule has 0 bridgehead atoms. The number of phenolic OH excluding ortho intramolecular Hbond substituents is 1. The number of para-hydroxylation sites is 2. The van der Waals surface area contributed by atoms with Crippen molar-refractivity contribution in [1.82, 2.24) is 14.9 Å². The normalized spacial score (nSPS) is 14.1. The van der Waals surface area contributed by atoms with Crippen LogP contribution in [0.3, 0.4) is 0 Å². The molecule has 4 aromatic rings. The molecule has 154 valence electrons. The van der Waals surface area contributed by atoms with Gasteiger partial charge < -0.3 is 14.9 Å². The molecule has 0 spiro atoms. The first-order chi connectivity index (χ1) is 15.2. The molecule has 1 aliphatic rings. The van der Waals surface area contributed by atoms with E-state index in [1.807, 2.05) is 54.6 Å². The van der Waals surface area contributed by atoms with E-state index in [0.29, 0.717) is 37.6 Å². The van der Waals surface area contributed by atoms with Gasteiger partial charge in [0.1, 0.15) is 11.6 Å². The zero-order valence-electron chi connectivity index (χ0n) is 17.0. The highest BCUT2D eigenvalue weighted by molar-refractivity contribution is 5.97. The molecule has 6 nitrogen and oxygen atoms in total. The monoisotopic (exact) mass is 410 g/mol. The predicted octanol–water partition coefficient (Wildman–Crippen LogP) is 3.96. The van der Waals surface area contributed by atoms with E-state index in [1.54, 1.807) is 29.2 Å². The average Bonchev–Trinajstić information content (AvgIpc) is 2.84. The molecule has 1 fully saturated rings. The summed E-state index contributed by atoms with van der Waals surface area (Å²) in [7, 11) is 0. The van der Waals surface area contributed by atoms with E-state index in [1.165, 1.54) is 0 Å². The van der Waals surface area contributed by atoms with Crippen molar-refractivity contribution in [3.8, 4) is 17.1 Å². The highest BCUT2D eigenvalue weighted by Gasteiger charge is 2.25. The standard InChI is InChI=1S/C25H22N4O2/c30-22-13-7-5-11-20(22)25(31)29-16-14-28(15-17-29)24-19-10-4-6-12-21(19)26-23(27-24)18-8-2-1-3-9-18/h1-13,30H,14-17H2. The second-order valence-electron chi connectivity index (χ2n) is 7.55. The van der Waals surface area contributed by atoms with Gasteiger partial charge in [0.2, 0.25) is 0 Å². The third-order valence-electron chi connectivity index (χ3n) is 5.62. The van der Waals surface area contributed by atoms with E-state index >= 15 is 0 Å². The van der Waals surface area contributed by atoms with E-state index in [2.05, 4.69) is 4.90 Å². The first-order valence-corrected chi connectivity index (χ1v) is 10.3. The smallest absolute Gasteiger partial charge is 0.257 e. The second kappa shape index (κ2) is 8.07. The van der Waals surface area contributed by atoms with E-state index in [-0.39, 0.29) is 11.7 Å². The van der Waals surface area contributed by atoms with Crippen LogP contribution < -0.4 is 4.90 Å². The van der Waals surface area contributed by atoms with E-state index in [4.69, 9.17) is 9.97 Å². The lowest BCUT2D eigenvalue weighted by Gasteiger charge is -2.36. The van der Waals surface area contributed by atoms with Crippen molar-refractivity contribution < 1.29 is 9.90 Å². The van der Waals surface area contributed by atoms with Crippen LogP contribution >= 0.6 is 0 Å². The molecular weight excluding hydrogens is 388 g/mol. The Morgan fingerprint density at radius 1 is 0.774 bits per heavy atom. The van der Waals surface area contributed by atoms with Gasteiger partial charge in [0.25, 0.3) is 5.91 Å². The largest absolute Gasteiger partial charge is 0.507 e. The van der Waals surface area contributed by atoms with Crippen molar-refractivity contribution in [3.63, 3.8) is 0 Å². The van der Waals surface area contributed by atoms with E-state index in [0.717, 1.165) is 22.3 Å². The van der Waals surface area contributed by atoms with Gasteiger partial charge in [-0.05, 0) is 24.3 Å². The first kappa shape index (κ1) is 19.1. The van der Waals surface area contributed by atoms with Gasteiger partial charge in [0, 0.05) is 37.1 Å². The number of aromatic nitrogens is 2. The summed E-state index contributed by atoms with van der Waals surface area (Å²) in [4.78, 5) is 26.5. The zero-order chi connectivity index (χ0) is 21.2. The number of hydrogen-bond acceptors (Lipinski definition) is 5. The van der Waals surface area contributed by atoms with Gasteiger partial charge in [-0.1, -0.05) is 54.6 Å². The van der Waals surface area contributed by atoms with Crippen LogP contribution in [0.25, 0.3) is 22.3 Å². The Morgan fingerprint density at radius 3 is 2.23 bits per heavy atom. The molecule has 6 heteroatoms. The molecule has 0 atom stereocenters. The maximum atomic E-state index is 12.8. The maximum absolute atomic E-state index is 12.8. The summed E-state index contributed by atoms with van der Waals surface area (Å²) in [5.74, 6) is 1.46. The molecule has 1 aliphatic heterocycles. The Hall–Kier alpha value is -3.93. The number of carbonyl (C=O) groups is 1. The zero-order valence-corrected chi connectivity index (χ0v) is 17.0. The minimum absolute atomic E-state index is 0.0178. The summed E-state index contributed by atoms with van der Waals surface area (Å²) in [5, 5.41) is 11.0. The van der Waals surface area contributed by atoms with Crippen LogP contribution in [0, 0.1) is 0 Å². The van der Waals surface area contributed by atoms with E-state index < -0.39 is 0 Å². The maximum Gasteiger partial charge on any atom is 0.257 e. The second-order valence-corrected chi connectivity index (χ2v) is 7.55. The Labute approximate surface area is 180 Å². The molecular formula is C25H22N4O2. The third kappa shape index (κ3) is 3.68. The highest BCUT2D eigenvalue weighted by atomic mass is 16.3. The molecule has 1 N–H and O–H groups in total. The molecule has 0 saturated carbocycles. The summed E-state index contributed by atoms with van der Waals surface area (Å²) in [5.41, 5.74) is 2.22. The summed E-state index contributed by atoms with van der Waals surface area (Å²) in [6.07, 6.45) is 0. The lowest BCUT2D eigenvalue weighted by atomic mass is 10.1. The molecule has 0 unspecified atom stereocenters. The Bertz CT molecular complexity index is 1230. The van der Waals surface area contributed by atoms with Crippen molar-refractivity contribution in [2.75, 3.05) is 31.1 Å². The number of aromatic hydroxyl groups is 1. The number of carbonyl (C=O) groups excluding carboxylic acids is 1. The third-order valence-corrected chi connectivity index (χ3v) is 5.62. The number of benzene rings is 3. The lowest BCUT2D eigenvalue weighted by molar-refractivity contribution is 0.0743. The van der Waals surface area contributed by atoms with Gasteiger partial charge in [-0.15, -0.1) is 0 Å². The summed E-state index contributed by atoms with van der Waals surface area (Å²) < 4.78 is 0. The number of hydrogen-bond donors (Lipinski definition) is 1. The van der Waals surface area contributed by atoms with Crippen LogP contribution in [0.4, 0.5) is 5.82 Å². The quantitative estimate of drug-likeness (QED) is 0.554. The van der Waals surface area contributed by atoms with E-state index in [9.17, 15) is 9.90 Å². The predicted molar refractivity (Wildman–Crippen MR) is 121 cm³/mol. The topological polar surface area (TPSA) is 69.6 Å². The average molecular weight is 410 g/mol. The van der Waals surface area contributed by atoms with Gasteiger partial charge >= 0.3 is 0 Å². The number of phenols is 1. The van der Waals surface area contributed by atoms with Crippen molar-refractivity contribution in [2.45, 2.75) is 0 Å². The number of amides is 1. The minimum atomic E-state index is -0.143. The molecule has 1 aromatic heterocycles. The lowest BCUT2D eigenvalue weighted by Crippen LogP contribution is -2.49. The number of nitrogens with zero attached hydrogens (tertiary/aromatic N) is 4. The number of anilines is 1. The first-order valence-electron chi connectivity index (χ1n) is 10.3. The Kier molecular flexibility index (Phi) is 4.96. The number of fused-ring (bicyclic) bond motifs is 1. The summed E-state index contributed by atoms with van der Waals surface area (Å²) in [6, 6.07) is 24.7. The van der Waals surface area contributed by atoms with Gasteiger partial charge in [0.15, 0.2) is 5.82 Å². The Balaban J connectivity index is 1.43. The molecule has 2 heterocycles. The molecule has 1 saturated heterocycles. The molecule has 5 rings (SSSR count). The SMILES string of the molecule is O=C(c1ccccc1O)N1CCN(c2nc(-c3ccccc3)nc3ccccc23)CC1. The molecule has 0 aliphatic carbocycles. The fraction of sp³-hybridized carbons (Fsp3) is 0.160. The number of rotatable bonds is 3. The molecule has 31 heavy (non-hydrogen) atoms.